The zero-order chi connectivity index (χ0) is 17.5. The van der Waals surface area contributed by atoms with E-state index in [-0.39, 0.29) is 10.6 Å². The van der Waals surface area contributed by atoms with Crippen LogP contribution in [0.4, 0.5) is 5.69 Å². The number of carbonyl (C=O) groups is 2. The van der Waals surface area contributed by atoms with E-state index in [1.807, 2.05) is 0 Å². The van der Waals surface area contributed by atoms with Crippen molar-refractivity contribution in [2.45, 2.75) is 0 Å². The summed E-state index contributed by atoms with van der Waals surface area (Å²) in [5.41, 5.74) is 0.645. The van der Waals surface area contributed by atoms with Gasteiger partial charge in [0.2, 0.25) is 0 Å². The lowest BCUT2D eigenvalue weighted by atomic mass is 10.2. The summed E-state index contributed by atoms with van der Waals surface area (Å²) in [5, 5.41) is 2.87. The summed E-state index contributed by atoms with van der Waals surface area (Å²) in [7, 11) is 3.00. The number of nitrogens with one attached hydrogen (secondary N) is 1. The van der Waals surface area contributed by atoms with Gasteiger partial charge in [-0.15, -0.1) is 0 Å². The minimum Gasteiger partial charge on any atom is -0.497 e. The molecule has 0 unspecified atom stereocenters. The van der Waals surface area contributed by atoms with Gasteiger partial charge in [-0.05, 0) is 24.3 Å². The molecule has 7 heteroatoms. The van der Waals surface area contributed by atoms with Crippen molar-refractivity contribution < 1.29 is 23.8 Å². The van der Waals surface area contributed by atoms with E-state index in [4.69, 9.17) is 25.8 Å². The first-order valence-electron chi connectivity index (χ1n) is 6.98. The molecule has 24 heavy (non-hydrogen) atoms. The fourth-order valence-corrected chi connectivity index (χ4v) is 2.14. The summed E-state index contributed by atoms with van der Waals surface area (Å²) in [6.07, 6.45) is 0. The van der Waals surface area contributed by atoms with Crippen LogP contribution in [0, 0.1) is 0 Å². The van der Waals surface area contributed by atoms with Crippen molar-refractivity contribution >= 4 is 29.2 Å². The molecule has 0 radical (unpaired) electrons. The highest BCUT2D eigenvalue weighted by atomic mass is 35.5. The van der Waals surface area contributed by atoms with E-state index in [0.717, 1.165) is 0 Å². The number of benzene rings is 2. The van der Waals surface area contributed by atoms with E-state index in [1.54, 1.807) is 36.4 Å². The predicted octanol–water partition coefficient (Wildman–Crippen LogP) is 3.15. The van der Waals surface area contributed by atoms with Crippen molar-refractivity contribution in [3.05, 3.63) is 53.1 Å². The third kappa shape index (κ3) is 4.39. The number of methoxy groups -OCH3 is 2. The number of carbonyl (C=O) groups excluding carboxylic acids is 2. The number of ether oxygens (including phenoxy) is 3. The SMILES string of the molecule is COc1ccc(NC(=O)COC(=O)c2ccccc2Cl)c(OC)c1. The highest BCUT2D eigenvalue weighted by Crippen LogP contribution is 2.28. The largest absolute Gasteiger partial charge is 0.497 e. The zero-order valence-electron chi connectivity index (χ0n) is 13.2. The van der Waals surface area contributed by atoms with Crippen molar-refractivity contribution in [1.82, 2.24) is 0 Å². The molecule has 2 aromatic carbocycles. The van der Waals surface area contributed by atoms with Gasteiger partial charge in [0.05, 0.1) is 30.5 Å². The summed E-state index contributed by atoms with van der Waals surface area (Å²) in [6.45, 7) is -0.445. The Balaban J connectivity index is 1.96. The molecule has 0 bridgehead atoms. The summed E-state index contributed by atoms with van der Waals surface area (Å²) >= 11 is 5.90. The molecular weight excluding hydrogens is 334 g/mol. The Bertz CT molecular complexity index is 748. The predicted molar refractivity (Wildman–Crippen MR) is 89.9 cm³/mol. The van der Waals surface area contributed by atoms with Gasteiger partial charge in [-0.3, -0.25) is 4.79 Å². The second kappa shape index (κ2) is 8.21. The van der Waals surface area contributed by atoms with Crippen LogP contribution < -0.4 is 14.8 Å². The van der Waals surface area contributed by atoms with Gasteiger partial charge in [0, 0.05) is 6.07 Å². The molecule has 1 N–H and O–H groups in total. The lowest BCUT2D eigenvalue weighted by molar-refractivity contribution is -0.119. The number of anilines is 1. The maximum atomic E-state index is 11.9. The van der Waals surface area contributed by atoms with Gasteiger partial charge < -0.3 is 19.5 Å². The molecule has 0 aliphatic rings. The molecule has 0 aliphatic heterocycles. The average molecular weight is 350 g/mol. The standard InChI is InChI=1S/C17H16ClNO5/c1-22-11-7-8-14(15(9-11)23-2)19-16(20)10-24-17(21)12-5-3-4-6-13(12)18/h3-9H,10H2,1-2H3,(H,19,20). The molecule has 6 nitrogen and oxygen atoms in total. The average Bonchev–Trinajstić information content (AvgIpc) is 2.60. The van der Waals surface area contributed by atoms with E-state index >= 15 is 0 Å². The Labute approximate surface area is 144 Å². The monoisotopic (exact) mass is 349 g/mol. The molecule has 0 aliphatic carbocycles. The Hall–Kier alpha value is -2.73. The smallest absolute Gasteiger partial charge is 0.340 e. The van der Waals surface area contributed by atoms with E-state index in [0.29, 0.717) is 17.2 Å². The van der Waals surface area contributed by atoms with Crippen molar-refractivity contribution in [3.63, 3.8) is 0 Å². The molecule has 0 atom stereocenters. The van der Waals surface area contributed by atoms with Crippen molar-refractivity contribution in [2.75, 3.05) is 26.1 Å². The molecule has 2 rings (SSSR count). The Kier molecular flexibility index (Phi) is 6.03. The molecule has 0 saturated carbocycles. The highest BCUT2D eigenvalue weighted by molar-refractivity contribution is 6.33. The van der Waals surface area contributed by atoms with E-state index in [2.05, 4.69) is 5.32 Å². The third-order valence-electron chi connectivity index (χ3n) is 3.11. The summed E-state index contributed by atoms with van der Waals surface area (Å²) < 4.78 is 15.2. The number of rotatable bonds is 6. The lowest BCUT2D eigenvalue weighted by Crippen LogP contribution is -2.21. The fourth-order valence-electron chi connectivity index (χ4n) is 1.92. The summed E-state index contributed by atoms with van der Waals surface area (Å²) in [6, 6.07) is 11.4. The maximum absolute atomic E-state index is 11.9. The van der Waals surface area contributed by atoms with Gasteiger partial charge in [-0.1, -0.05) is 23.7 Å². The van der Waals surface area contributed by atoms with Crippen LogP contribution in [0.3, 0.4) is 0 Å². The number of hydrogen-bond acceptors (Lipinski definition) is 5. The Morgan fingerprint density at radius 2 is 1.83 bits per heavy atom. The number of halogens is 1. The van der Waals surface area contributed by atoms with Crippen LogP contribution in [0.15, 0.2) is 42.5 Å². The van der Waals surface area contributed by atoms with E-state index < -0.39 is 18.5 Å². The minimum absolute atomic E-state index is 0.203. The van der Waals surface area contributed by atoms with E-state index in [1.165, 1.54) is 20.3 Å². The molecule has 0 heterocycles. The van der Waals surface area contributed by atoms with Gasteiger partial charge in [0.1, 0.15) is 11.5 Å². The van der Waals surface area contributed by atoms with E-state index in [9.17, 15) is 9.59 Å². The highest BCUT2D eigenvalue weighted by Gasteiger charge is 2.14. The van der Waals surface area contributed by atoms with Crippen LogP contribution in [0.2, 0.25) is 5.02 Å². The molecular formula is C17H16ClNO5. The van der Waals surface area contributed by atoms with Gasteiger partial charge in [-0.2, -0.15) is 0 Å². The second-order valence-electron chi connectivity index (χ2n) is 4.67. The topological polar surface area (TPSA) is 73.9 Å². The van der Waals surface area contributed by atoms with Crippen LogP contribution in [0.1, 0.15) is 10.4 Å². The normalized spacial score (nSPS) is 9.96. The Morgan fingerprint density at radius 3 is 2.50 bits per heavy atom. The molecule has 0 saturated heterocycles. The van der Waals surface area contributed by atoms with Crippen LogP contribution in [-0.4, -0.2) is 32.7 Å². The molecule has 2 aromatic rings. The molecule has 0 fully saturated rings. The lowest BCUT2D eigenvalue weighted by Gasteiger charge is -2.12. The second-order valence-corrected chi connectivity index (χ2v) is 5.08. The van der Waals surface area contributed by atoms with Crippen LogP contribution in [-0.2, 0) is 9.53 Å². The summed E-state index contributed by atoms with van der Waals surface area (Å²) in [4.78, 5) is 23.8. The Morgan fingerprint density at radius 1 is 1.08 bits per heavy atom. The van der Waals surface area contributed by atoms with Gasteiger partial charge in [-0.25, -0.2) is 4.79 Å². The van der Waals surface area contributed by atoms with Crippen LogP contribution >= 0.6 is 11.6 Å². The van der Waals surface area contributed by atoms with Crippen LogP contribution in [0.25, 0.3) is 0 Å². The molecule has 1 amide bonds. The minimum atomic E-state index is -0.669. The van der Waals surface area contributed by atoms with Gasteiger partial charge in [0.15, 0.2) is 6.61 Å². The molecule has 0 aromatic heterocycles. The van der Waals surface area contributed by atoms with Crippen molar-refractivity contribution in [3.8, 4) is 11.5 Å². The summed E-state index contributed by atoms with van der Waals surface area (Å²) in [5.74, 6) is -0.147. The van der Waals surface area contributed by atoms with Crippen molar-refractivity contribution in [1.29, 1.82) is 0 Å². The first-order chi connectivity index (χ1) is 11.5. The zero-order valence-corrected chi connectivity index (χ0v) is 13.9. The molecule has 126 valence electrons. The first kappa shape index (κ1) is 17.6. The molecule has 0 spiro atoms. The number of esters is 1. The van der Waals surface area contributed by atoms with Crippen LogP contribution in [0.5, 0.6) is 11.5 Å². The van der Waals surface area contributed by atoms with Gasteiger partial charge >= 0.3 is 5.97 Å². The maximum Gasteiger partial charge on any atom is 0.340 e. The number of amides is 1. The number of hydrogen-bond donors (Lipinski definition) is 1. The first-order valence-corrected chi connectivity index (χ1v) is 7.36. The van der Waals surface area contributed by atoms with Gasteiger partial charge in [0.25, 0.3) is 5.91 Å². The van der Waals surface area contributed by atoms with Crippen molar-refractivity contribution in [2.24, 2.45) is 0 Å². The fraction of sp³-hybridized carbons (Fsp3) is 0.176. The quantitative estimate of drug-likeness (QED) is 0.811. The third-order valence-corrected chi connectivity index (χ3v) is 3.44.